The van der Waals surface area contributed by atoms with Gasteiger partial charge in [0.25, 0.3) is 0 Å². The lowest BCUT2D eigenvalue weighted by Gasteiger charge is -2.18. The molecule has 17 heavy (non-hydrogen) atoms. The summed E-state index contributed by atoms with van der Waals surface area (Å²) in [5, 5.41) is 19.4. The summed E-state index contributed by atoms with van der Waals surface area (Å²) < 4.78 is 13.3. The summed E-state index contributed by atoms with van der Waals surface area (Å²) >= 11 is 1.07. The van der Waals surface area contributed by atoms with E-state index < -0.39 is 18.0 Å². The zero-order valence-electron chi connectivity index (χ0n) is 9.47. The van der Waals surface area contributed by atoms with E-state index in [2.05, 4.69) is 0 Å². The topological polar surface area (TPSA) is 57.5 Å². The Morgan fingerprint density at radius 2 is 2.06 bits per heavy atom. The van der Waals surface area contributed by atoms with Crippen LogP contribution in [0.25, 0.3) is 0 Å². The molecule has 2 unspecified atom stereocenters. The van der Waals surface area contributed by atoms with Crippen LogP contribution < -0.4 is 0 Å². The van der Waals surface area contributed by atoms with Gasteiger partial charge in [0.2, 0.25) is 0 Å². The highest BCUT2D eigenvalue weighted by Crippen LogP contribution is 2.22. The molecule has 0 aliphatic carbocycles. The molecule has 3 nitrogen and oxygen atoms in total. The van der Waals surface area contributed by atoms with Crippen LogP contribution in [0.5, 0.6) is 0 Å². The molecule has 0 amide bonds. The van der Waals surface area contributed by atoms with E-state index in [9.17, 15) is 19.4 Å². The molecule has 0 radical (unpaired) electrons. The van der Waals surface area contributed by atoms with Gasteiger partial charge in [0.05, 0.1) is 6.10 Å². The number of benzene rings is 1. The molecule has 0 aliphatic heterocycles. The smallest absolute Gasteiger partial charge is 0.185 e. The van der Waals surface area contributed by atoms with Crippen molar-refractivity contribution in [2.24, 2.45) is 0 Å². The lowest BCUT2D eigenvalue weighted by molar-refractivity contribution is -0.109. The summed E-state index contributed by atoms with van der Waals surface area (Å²) in [5.74, 6) is -0.138. The molecule has 94 valence electrons. The van der Waals surface area contributed by atoms with Crippen molar-refractivity contribution in [3.8, 4) is 0 Å². The quantitative estimate of drug-likeness (QED) is 0.846. The standard InChI is InChI=1S/C12H15FO3S/c1-8(14)17-7-6-11(15)12(16)9-4-2-3-5-10(9)13/h2-5,11-12,15-16H,6-7H2,1H3. The van der Waals surface area contributed by atoms with E-state index in [1.807, 2.05) is 0 Å². The highest BCUT2D eigenvalue weighted by Gasteiger charge is 2.20. The van der Waals surface area contributed by atoms with Crippen molar-refractivity contribution in [1.82, 2.24) is 0 Å². The summed E-state index contributed by atoms with van der Waals surface area (Å²) in [7, 11) is 0. The van der Waals surface area contributed by atoms with Gasteiger partial charge in [-0.25, -0.2) is 4.39 Å². The Bertz CT molecular complexity index is 384. The predicted octanol–water partition coefficient (Wildman–Crippen LogP) is 1.89. The first kappa shape index (κ1) is 14.2. The van der Waals surface area contributed by atoms with E-state index in [0.717, 1.165) is 11.8 Å². The predicted molar refractivity (Wildman–Crippen MR) is 65.1 cm³/mol. The number of hydrogen-bond acceptors (Lipinski definition) is 4. The molecule has 0 saturated carbocycles. The normalized spacial score (nSPS) is 14.4. The van der Waals surface area contributed by atoms with Crippen LogP contribution in [0, 0.1) is 5.82 Å². The van der Waals surface area contributed by atoms with E-state index in [4.69, 9.17) is 0 Å². The molecule has 0 spiro atoms. The van der Waals surface area contributed by atoms with Gasteiger partial charge in [-0.05, 0) is 12.5 Å². The first-order valence-corrected chi connectivity index (χ1v) is 6.25. The highest BCUT2D eigenvalue weighted by atomic mass is 32.2. The van der Waals surface area contributed by atoms with Crippen molar-refractivity contribution < 1.29 is 19.4 Å². The fourth-order valence-electron chi connectivity index (χ4n) is 1.40. The largest absolute Gasteiger partial charge is 0.390 e. The monoisotopic (exact) mass is 258 g/mol. The number of hydrogen-bond donors (Lipinski definition) is 2. The molecule has 1 rings (SSSR count). The third-order valence-electron chi connectivity index (χ3n) is 2.31. The van der Waals surface area contributed by atoms with Crippen molar-refractivity contribution >= 4 is 16.9 Å². The number of halogens is 1. The Morgan fingerprint density at radius 3 is 2.65 bits per heavy atom. The van der Waals surface area contributed by atoms with Crippen LogP contribution in [0.15, 0.2) is 24.3 Å². The number of carbonyl (C=O) groups excluding carboxylic acids is 1. The zero-order chi connectivity index (χ0) is 12.8. The second kappa shape index (κ2) is 6.74. The molecule has 0 aromatic heterocycles. The minimum atomic E-state index is -1.26. The van der Waals surface area contributed by atoms with Gasteiger partial charge in [-0.2, -0.15) is 0 Å². The Labute approximate surface area is 104 Å². The average molecular weight is 258 g/mol. The van der Waals surface area contributed by atoms with Gasteiger partial charge in [0.15, 0.2) is 5.12 Å². The lowest BCUT2D eigenvalue weighted by Crippen LogP contribution is -2.20. The minimum absolute atomic E-state index is 0.0439. The summed E-state index contributed by atoms with van der Waals surface area (Å²) in [6, 6.07) is 5.78. The molecule has 0 heterocycles. The third-order valence-corrected chi connectivity index (χ3v) is 3.15. The number of aliphatic hydroxyl groups is 2. The molecule has 2 atom stereocenters. The average Bonchev–Trinajstić information content (AvgIpc) is 2.28. The SMILES string of the molecule is CC(=O)SCCC(O)C(O)c1ccccc1F. The van der Waals surface area contributed by atoms with Crippen molar-refractivity contribution in [1.29, 1.82) is 0 Å². The van der Waals surface area contributed by atoms with Gasteiger partial charge >= 0.3 is 0 Å². The Kier molecular flexibility index (Phi) is 5.61. The third kappa shape index (κ3) is 4.46. The molecular weight excluding hydrogens is 243 g/mol. The Balaban J connectivity index is 2.55. The van der Waals surface area contributed by atoms with Crippen LogP contribution >= 0.6 is 11.8 Å². The lowest BCUT2D eigenvalue weighted by atomic mass is 10.0. The molecule has 2 N–H and O–H groups in total. The van der Waals surface area contributed by atoms with Gasteiger partial charge in [-0.1, -0.05) is 30.0 Å². The Morgan fingerprint density at radius 1 is 1.41 bits per heavy atom. The molecule has 0 fully saturated rings. The van der Waals surface area contributed by atoms with Crippen LogP contribution in [-0.4, -0.2) is 27.2 Å². The van der Waals surface area contributed by atoms with Crippen LogP contribution in [0.3, 0.4) is 0 Å². The van der Waals surface area contributed by atoms with E-state index in [1.54, 1.807) is 6.07 Å². The molecule has 1 aromatic carbocycles. The van der Waals surface area contributed by atoms with Crippen molar-refractivity contribution in [2.75, 3.05) is 5.75 Å². The molecule has 1 aromatic rings. The first-order chi connectivity index (χ1) is 8.02. The first-order valence-electron chi connectivity index (χ1n) is 5.26. The van der Waals surface area contributed by atoms with Gasteiger partial charge in [0, 0.05) is 18.2 Å². The van der Waals surface area contributed by atoms with Gasteiger partial charge in [0.1, 0.15) is 11.9 Å². The van der Waals surface area contributed by atoms with E-state index in [0.29, 0.717) is 5.75 Å². The summed E-state index contributed by atoms with van der Waals surface area (Å²) in [4.78, 5) is 10.7. The number of thioether (sulfide) groups is 1. The van der Waals surface area contributed by atoms with Crippen LogP contribution in [-0.2, 0) is 4.79 Å². The van der Waals surface area contributed by atoms with Crippen LogP contribution in [0.2, 0.25) is 0 Å². The van der Waals surface area contributed by atoms with Crippen LogP contribution in [0.4, 0.5) is 4.39 Å². The van der Waals surface area contributed by atoms with Gasteiger partial charge in [-0.15, -0.1) is 0 Å². The van der Waals surface area contributed by atoms with Crippen molar-refractivity contribution in [2.45, 2.75) is 25.6 Å². The van der Waals surface area contributed by atoms with E-state index in [-0.39, 0.29) is 17.1 Å². The van der Waals surface area contributed by atoms with E-state index in [1.165, 1.54) is 25.1 Å². The van der Waals surface area contributed by atoms with E-state index >= 15 is 0 Å². The highest BCUT2D eigenvalue weighted by molar-refractivity contribution is 8.13. The maximum absolute atomic E-state index is 13.3. The summed E-state index contributed by atoms with van der Waals surface area (Å²) in [6.45, 7) is 1.43. The number of aliphatic hydroxyl groups excluding tert-OH is 2. The Hall–Kier alpha value is -0.910. The van der Waals surface area contributed by atoms with Crippen molar-refractivity contribution in [3.05, 3.63) is 35.6 Å². The molecule has 0 bridgehead atoms. The maximum Gasteiger partial charge on any atom is 0.185 e. The van der Waals surface area contributed by atoms with Crippen LogP contribution in [0.1, 0.15) is 25.0 Å². The molecule has 0 aliphatic rings. The molecular formula is C12H15FO3S. The fraction of sp³-hybridized carbons (Fsp3) is 0.417. The molecule has 0 saturated heterocycles. The minimum Gasteiger partial charge on any atom is -0.390 e. The zero-order valence-corrected chi connectivity index (χ0v) is 10.3. The fourth-order valence-corrected chi connectivity index (χ4v) is 2.05. The summed E-state index contributed by atoms with van der Waals surface area (Å²) in [5.41, 5.74) is 0.0767. The summed E-state index contributed by atoms with van der Waals surface area (Å²) in [6.07, 6.45) is -2.10. The second-order valence-electron chi connectivity index (χ2n) is 3.66. The van der Waals surface area contributed by atoms with Crippen molar-refractivity contribution in [3.63, 3.8) is 0 Å². The number of rotatable bonds is 5. The van der Waals surface area contributed by atoms with Gasteiger partial charge < -0.3 is 10.2 Å². The maximum atomic E-state index is 13.3. The van der Waals surface area contributed by atoms with Gasteiger partial charge in [-0.3, -0.25) is 4.79 Å². The molecule has 5 heteroatoms. The second-order valence-corrected chi connectivity index (χ2v) is 4.93. The number of carbonyl (C=O) groups is 1.